The zero-order chi connectivity index (χ0) is 13.1. The molecule has 0 saturated carbocycles. The minimum Gasteiger partial charge on any atom is -0.348 e. The lowest BCUT2D eigenvalue weighted by Gasteiger charge is -2.12. The molecule has 0 fully saturated rings. The van der Waals surface area contributed by atoms with Crippen LogP contribution in [0.2, 0.25) is 0 Å². The van der Waals surface area contributed by atoms with Crippen LogP contribution in [0, 0.1) is 0 Å². The van der Waals surface area contributed by atoms with Gasteiger partial charge in [0, 0.05) is 18.2 Å². The molecule has 0 spiro atoms. The summed E-state index contributed by atoms with van der Waals surface area (Å²) in [5.74, 6) is -0.561. The Bertz CT molecular complexity index is 404. The largest absolute Gasteiger partial charge is 0.416 e. The highest BCUT2D eigenvalue weighted by Crippen LogP contribution is 2.29. The van der Waals surface area contributed by atoms with E-state index in [4.69, 9.17) is 5.73 Å². The topological polar surface area (TPSA) is 55.1 Å². The SMILES string of the molecule is C[C@@H](CN)NC(=O)c1cccc(C(F)(F)F)c1. The molecule has 1 aromatic rings. The van der Waals surface area contributed by atoms with E-state index < -0.39 is 17.6 Å². The maximum atomic E-state index is 12.4. The molecule has 0 aromatic heterocycles. The van der Waals surface area contributed by atoms with Gasteiger partial charge in [-0.3, -0.25) is 4.79 Å². The van der Waals surface area contributed by atoms with Gasteiger partial charge in [0.1, 0.15) is 0 Å². The number of benzene rings is 1. The molecule has 0 saturated heterocycles. The van der Waals surface area contributed by atoms with Gasteiger partial charge in [-0.25, -0.2) is 0 Å². The van der Waals surface area contributed by atoms with Crippen molar-refractivity contribution in [3.05, 3.63) is 35.4 Å². The van der Waals surface area contributed by atoms with Crippen molar-refractivity contribution in [3.63, 3.8) is 0 Å². The Balaban J connectivity index is 2.89. The number of carbonyl (C=O) groups is 1. The molecular weight excluding hydrogens is 233 g/mol. The molecule has 0 unspecified atom stereocenters. The summed E-state index contributed by atoms with van der Waals surface area (Å²) in [6.07, 6.45) is -4.45. The van der Waals surface area contributed by atoms with Crippen molar-refractivity contribution >= 4 is 5.91 Å². The zero-order valence-electron chi connectivity index (χ0n) is 9.21. The molecule has 0 heterocycles. The number of halogens is 3. The van der Waals surface area contributed by atoms with E-state index in [9.17, 15) is 18.0 Å². The van der Waals surface area contributed by atoms with Crippen LogP contribution in [0.3, 0.4) is 0 Å². The summed E-state index contributed by atoms with van der Waals surface area (Å²) in [4.78, 5) is 11.6. The second-order valence-electron chi connectivity index (χ2n) is 3.69. The third-order valence-corrected chi connectivity index (χ3v) is 2.18. The highest BCUT2D eigenvalue weighted by molar-refractivity contribution is 5.94. The molecule has 3 nitrogen and oxygen atoms in total. The fourth-order valence-corrected chi connectivity index (χ4v) is 1.20. The van der Waals surface area contributed by atoms with Gasteiger partial charge in [0.2, 0.25) is 0 Å². The van der Waals surface area contributed by atoms with Crippen molar-refractivity contribution in [2.75, 3.05) is 6.54 Å². The quantitative estimate of drug-likeness (QED) is 0.854. The lowest BCUT2D eigenvalue weighted by Crippen LogP contribution is -2.37. The first-order valence-electron chi connectivity index (χ1n) is 5.02. The molecular formula is C11H13F3N2O. The summed E-state index contributed by atoms with van der Waals surface area (Å²) >= 11 is 0. The number of nitrogens with one attached hydrogen (secondary N) is 1. The summed E-state index contributed by atoms with van der Waals surface area (Å²) in [7, 11) is 0. The molecule has 0 aliphatic rings. The lowest BCUT2D eigenvalue weighted by molar-refractivity contribution is -0.137. The summed E-state index contributed by atoms with van der Waals surface area (Å²) in [6.45, 7) is 1.90. The van der Waals surface area contributed by atoms with Gasteiger partial charge in [-0.15, -0.1) is 0 Å². The molecule has 6 heteroatoms. The van der Waals surface area contributed by atoms with E-state index in [-0.39, 0.29) is 18.2 Å². The first-order valence-corrected chi connectivity index (χ1v) is 5.02. The fourth-order valence-electron chi connectivity index (χ4n) is 1.20. The summed E-state index contributed by atoms with van der Waals surface area (Å²) in [5.41, 5.74) is 4.43. The van der Waals surface area contributed by atoms with Crippen molar-refractivity contribution in [3.8, 4) is 0 Å². The Labute approximate surface area is 96.8 Å². The van der Waals surface area contributed by atoms with Gasteiger partial charge in [-0.05, 0) is 25.1 Å². The van der Waals surface area contributed by atoms with Gasteiger partial charge >= 0.3 is 6.18 Å². The van der Waals surface area contributed by atoms with E-state index in [0.29, 0.717) is 0 Å². The molecule has 1 amide bonds. The maximum Gasteiger partial charge on any atom is 0.416 e. The molecule has 3 N–H and O–H groups in total. The van der Waals surface area contributed by atoms with E-state index in [2.05, 4.69) is 5.32 Å². The standard InChI is InChI=1S/C11H13F3N2O/c1-7(6-15)16-10(17)8-3-2-4-9(5-8)11(12,13)14/h2-5,7H,6,15H2,1H3,(H,16,17)/t7-/m0/s1. The number of nitrogens with two attached hydrogens (primary N) is 1. The minimum atomic E-state index is -4.45. The third-order valence-electron chi connectivity index (χ3n) is 2.18. The van der Waals surface area contributed by atoms with Gasteiger partial charge in [-0.2, -0.15) is 13.2 Å². The van der Waals surface area contributed by atoms with Crippen LogP contribution in [-0.4, -0.2) is 18.5 Å². The van der Waals surface area contributed by atoms with Crippen molar-refractivity contribution in [1.82, 2.24) is 5.32 Å². The number of alkyl halides is 3. The number of carbonyl (C=O) groups excluding carboxylic acids is 1. The number of rotatable bonds is 3. The van der Waals surface area contributed by atoms with Gasteiger partial charge in [0.05, 0.1) is 5.56 Å². The summed E-state index contributed by atoms with van der Waals surface area (Å²) in [6, 6.07) is 3.98. The van der Waals surface area contributed by atoms with E-state index in [1.807, 2.05) is 0 Å². The molecule has 17 heavy (non-hydrogen) atoms. The van der Waals surface area contributed by atoms with Gasteiger partial charge in [0.15, 0.2) is 0 Å². The van der Waals surface area contributed by atoms with Crippen LogP contribution >= 0.6 is 0 Å². The minimum absolute atomic E-state index is 0.0277. The van der Waals surface area contributed by atoms with E-state index in [0.717, 1.165) is 12.1 Å². The highest BCUT2D eigenvalue weighted by Gasteiger charge is 2.30. The summed E-state index contributed by atoms with van der Waals surface area (Å²) < 4.78 is 37.2. The molecule has 0 aliphatic heterocycles. The van der Waals surface area contributed by atoms with Crippen LogP contribution in [0.15, 0.2) is 24.3 Å². The third kappa shape index (κ3) is 3.74. The van der Waals surface area contributed by atoms with E-state index in [1.54, 1.807) is 6.92 Å². The van der Waals surface area contributed by atoms with Crippen molar-refractivity contribution < 1.29 is 18.0 Å². The Morgan fingerprint density at radius 3 is 2.65 bits per heavy atom. The number of hydrogen-bond donors (Lipinski definition) is 2. The number of hydrogen-bond acceptors (Lipinski definition) is 2. The molecule has 0 bridgehead atoms. The average molecular weight is 246 g/mol. The fraction of sp³-hybridized carbons (Fsp3) is 0.364. The second kappa shape index (κ2) is 5.18. The van der Waals surface area contributed by atoms with Crippen LogP contribution in [0.4, 0.5) is 13.2 Å². The number of amides is 1. The molecule has 1 rings (SSSR count). The first kappa shape index (κ1) is 13.5. The normalized spacial score (nSPS) is 13.2. The highest BCUT2D eigenvalue weighted by atomic mass is 19.4. The van der Waals surface area contributed by atoms with E-state index in [1.165, 1.54) is 12.1 Å². The van der Waals surface area contributed by atoms with E-state index >= 15 is 0 Å². The molecule has 0 radical (unpaired) electrons. The molecule has 1 atom stereocenters. The van der Waals surface area contributed by atoms with Crippen molar-refractivity contribution in [2.45, 2.75) is 19.1 Å². The zero-order valence-corrected chi connectivity index (χ0v) is 9.21. The Morgan fingerprint density at radius 2 is 2.12 bits per heavy atom. The van der Waals surface area contributed by atoms with Gasteiger partial charge < -0.3 is 11.1 Å². The summed E-state index contributed by atoms with van der Waals surface area (Å²) in [5, 5.41) is 2.49. The Hall–Kier alpha value is -1.56. The van der Waals surface area contributed by atoms with Crippen molar-refractivity contribution in [1.29, 1.82) is 0 Å². The monoisotopic (exact) mass is 246 g/mol. The van der Waals surface area contributed by atoms with Crippen LogP contribution in [0.1, 0.15) is 22.8 Å². The van der Waals surface area contributed by atoms with Crippen LogP contribution in [0.25, 0.3) is 0 Å². The molecule has 94 valence electrons. The van der Waals surface area contributed by atoms with Gasteiger partial charge in [-0.1, -0.05) is 6.07 Å². The Kier molecular flexibility index (Phi) is 4.11. The predicted molar refractivity (Wildman–Crippen MR) is 57.4 cm³/mol. The lowest BCUT2D eigenvalue weighted by atomic mass is 10.1. The van der Waals surface area contributed by atoms with Crippen LogP contribution in [0.5, 0.6) is 0 Å². The average Bonchev–Trinajstić information content (AvgIpc) is 2.28. The van der Waals surface area contributed by atoms with Crippen LogP contribution < -0.4 is 11.1 Å². The Morgan fingerprint density at radius 1 is 1.47 bits per heavy atom. The van der Waals surface area contributed by atoms with Gasteiger partial charge in [0.25, 0.3) is 5.91 Å². The predicted octanol–water partition coefficient (Wildman–Crippen LogP) is 1.78. The van der Waals surface area contributed by atoms with Crippen molar-refractivity contribution in [2.24, 2.45) is 5.73 Å². The molecule has 1 aromatic carbocycles. The smallest absolute Gasteiger partial charge is 0.348 e. The first-order chi connectivity index (χ1) is 7.84. The van der Waals surface area contributed by atoms with Crippen LogP contribution in [-0.2, 0) is 6.18 Å². The maximum absolute atomic E-state index is 12.4. The second-order valence-corrected chi connectivity index (χ2v) is 3.69. The molecule has 0 aliphatic carbocycles.